The van der Waals surface area contributed by atoms with Crippen LogP contribution in [0.2, 0.25) is 0 Å². The van der Waals surface area contributed by atoms with Crippen molar-refractivity contribution in [2.45, 2.75) is 26.0 Å². The van der Waals surface area contributed by atoms with E-state index in [1.54, 1.807) is 6.33 Å². The Hall–Kier alpha value is -3.09. The molecule has 1 saturated carbocycles. The van der Waals surface area contributed by atoms with E-state index in [9.17, 15) is 4.79 Å². The SMILES string of the molecule is C[C@@H]1[C@H]2CN(C(=O)OCc3ccccc3)C[C@H]2C[C@@H]1N(C)c1ncnc2[nH]ccc12. The standard InChI is InChI=1S/C23H27N5O2/c1-15-19-12-28(23(29)30-13-16-6-4-3-5-7-16)11-17(19)10-20(15)27(2)22-18-8-9-24-21(18)25-14-26-22/h3-9,14-15,17,19-20H,10-13H2,1-2H3,(H,24,25,26)/t15-,17-,19-,20+/m1/s1. The number of benzene rings is 1. The number of hydrogen-bond donors (Lipinski definition) is 1. The van der Waals surface area contributed by atoms with E-state index >= 15 is 0 Å². The highest BCUT2D eigenvalue weighted by Gasteiger charge is 2.48. The predicted molar refractivity (Wildman–Crippen MR) is 115 cm³/mol. The van der Waals surface area contributed by atoms with Crippen molar-refractivity contribution in [3.8, 4) is 0 Å². The molecule has 0 bridgehead atoms. The van der Waals surface area contributed by atoms with Crippen LogP contribution >= 0.6 is 0 Å². The van der Waals surface area contributed by atoms with Gasteiger partial charge in [0.15, 0.2) is 0 Å². The molecule has 4 atom stereocenters. The van der Waals surface area contributed by atoms with E-state index in [1.165, 1.54) is 0 Å². The zero-order valence-corrected chi connectivity index (χ0v) is 17.4. The van der Waals surface area contributed by atoms with Crippen LogP contribution in [0, 0.1) is 17.8 Å². The van der Waals surface area contributed by atoms with Gasteiger partial charge in [-0.2, -0.15) is 0 Å². The molecule has 7 nitrogen and oxygen atoms in total. The molecule has 1 aliphatic carbocycles. The van der Waals surface area contributed by atoms with Gasteiger partial charge in [0.1, 0.15) is 24.4 Å². The molecule has 3 aromatic rings. The molecule has 1 saturated heterocycles. The molecule has 2 aromatic heterocycles. The lowest BCUT2D eigenvalue weighted by molar-refractivity contribution is 0.100. The van der Waals surface area contributed by atoms with Crippen molar-refractivity contribution in [2.75, 3.05) is 25.0 Å². The average Bonchev–Trinajstić information content (AvgIpc) is 3.48. The van der Waals surface area contributed by atoms with E-state index in [4.69, 9.17) is 4.74 Å². The van der Waals surface area contributed by atoms with Crippen LogP contribution in [0.25, 0.3) is 11.0 Å². The molecule has 156 valence electrons. The van der Waals surface area contributed by atoms with E-state index in [2.05, 4.69) is 33.8 Å². The summed E-state index contributed by atoms with van der Waals surface area (Å²) in [5.74, 6) is 2.43. The lowest BCUT2D eigenvalue weighted by atomic mass is 9.93. The van der Waals surface area contributed by atoms with Crippen LogP contribution in [-0.2, 0) is 11.3 Å². The number of carbonyl (C=O) groups excluding carboxylic acids is 1. The van der Waals surface area contributed by atoms with Crippen molar-refractivity contribution in [1.82, 2.24) is 19.9 Å². The first-order valence-corrected chi connectivity index (χ1v) is 10.6. The van der Waals surface area contributed by atoms with Crippen molar-refractivity contribution in [2.24, 2.45) is 17.8 Å². The number of H-pyrrole nitrogens is 1. The van der Waals surface area contributed by atoms with Gasteiger partial charge in [0.05, 0.1) is 5.39 Å². The second-order valence-corrected chi connectivity index (χ2v) is 8.58. The summed E-state index contributed by atoms with van der Waals surface area (Å²) in [5.41, 5.74) is 1.88. The third-order valence-corrected chi connectivity index (χ3v) is 6.95. The van der Waals surface area contributed by atoms with Crippen LogP contribution in [0.15, 0.2) is 48.9 Å². The summed E-state index contributed by atoms with van der Waals surface area (Å²) in [6.45, 7) is 4.18. The van der Waals surface area contributed by atoms with E-state index in [0.717, 1.165) is 41.9 Å². The minimum absolute atomic E-state index is 0.199. The van der Waals surface area contributed by atoms with Gasteiger partial charge in [-0.05, 0) is 35.8 Å². The number of nitrogens with one attached hydrogen (secondary N) is 1. The summed E-state index contributed by atoms with van der Waals surface area (Å²) >= 11 is 0. The molecule has 3 heterocycles. The van der Waals surface area contributed by atoms with Crippen LogP contribution < -0.4 is 4.90 Å². The molecule has 0 spiro atoms. The van der Waals surface area contributed by atoms with Crippen molar-refractivity contribution < 1.29 is 9.53 Å². The number of hydrogen-bond acceptors (Lipinski definition) is 5. The van der Waals surface area contributed by atoms with Crippen LogP contribution in [0.4, 0.5) is 10.6 Å². The summed E-state index contributed by atoms with van der Waals surface area (Å²) in [7, 11) is 2.13. The van der Waals surface area contributed by atoms with E-state index in [-0.39, 0.29) is 6.09 Å². The Labute approximate surface area is 176 Å². The van der Waals surface area contributed by atoms with Crippen molar-refractivity contribution in [1.29, 1.82) is 0 Å². The maximum Gasteiger partial charge on any atom is 0.410 e. The number of amides is 1. The molecule has 1 amide bonds. The Balaban J connectivity index is 1.23. The number of aromatic nitrogens is 3. The average molecular weight is 406 g/mol. The van der Waals surface area contributed by atoms with Crippen molar-refractivity contribution in [3.05, 3.63) is 54.5 Å². The quantitative estimate of drug-likeness (QED) is 0.717. The summed E-state index contributed by atoms with van der Waals surface area (Å²) in [6, 6.07) is 12.3. The number of carbonyl (C=O) groups is 1. The molecule has 5 rings (SSSR count). The Kier molecular flexibility index (Phi) is 4.81. The molecule has 0 unspecified atom stereocenters. The lowest BCUT2D eigenvalue weighted by Crippen LogP contribution is -2.38. The predicted octanol–water partition coefficient (Wildman–Crippen LogP) is 3.69. The fourth-order valence-corrected chi connectivity index (χ4v) is 5.32. The topological polar surface area (TPSA) is 74.3 Å². The van der Waals surface area contributed by atoms with Gasteiger partial charge in [0, 0.05) is 32.4 Å². The van der Waals surface area contributed by atoms with Crippen LogP contribution in [0.3, 0.4) is 0 Å². The molecule has 1 aromatic carbocycles. The van der Waals surface area contributed by atoms with Gasteiger partial charge in [-0.25, -0.2) is 14.8 Å². The maximum atomic E-state index is 12.6. The molecular weight excluding hydrogens is 378 g/mol. The Morgan fingerprint density at radius 3 is 2.87 bits per heavy atom. The summed E-state index contributed by atoms with van der Waals surface area (Å²) in [5, 5.41) is 1.05. The van der Waals surface area contributed by atoms with Gasteiger partial charge in [0.25, 0.3) is 0 Å². The monoisotopic (exact) mass is 405 g/mol. The Bertz CT molecular complexity index is 1040. The van der Waals surface area contributed by atoms with Crippen LogP contribution in [0.1, 0.15) is 18.9 Å². The van der Waals surface area contributed by atoms with Gasteiger partial charge >= 0.3 is 6.09 Å². The minimum Gasteiger partial charge on any atom is -0.445 e. The van der Waals surface area contributed by atoms with Gasteiger partial charge in [-0.1, -0.05) is 37.3 Å². The fourth-order valence-electron chi connectivity index (χ4n) is 5.32. The van der Waals surface area contributed by atoms with E-state index in [0.29, 0.717) is 30.4 Å². The lowest BCUT2D eigenvalue weighted by Gasteiger charge is -2.31. The number of nitrogens with zero attached hydrogens (tertiary/aromatic N) is 4. The van der Waals surface area contributed by atoms with Gasteiger partial charge in [-0.3, -0.25) is 0 Å². The molecule has 1 aliphatic heterocycles. The number of likely N-dealkylation sites (tertiary alicyclic amines) is 1. The zero-order chi connectivity index (χ0) is 20.7. The molecular formula is C23H27N5O2. The van der Waals surface area contributed by atoms with Gasteiger partial charge in [-0.15, -0.1) is 0 Å². The highest BCUT2D eigenvalue weighted by Crippen LogP contribution is 2.45. The summed E-state index contributed by atoms with van der Waals surface area (Å²) in [4.78, 5) is 28.8. The van der Waals surface area contributed by atoms with E-state index in [1.807, 2.05) is 47.5 Å². The third kappa shape index (κ3) is 3.28. The second-order valence-electron chi connectivity index (χ2n) is 8.58. The first kappa shape index (κ1) is 18.9. The molecule has 1 N–H and O–H groups in total. The first-order valence-electron chi connectivity index (χ1n) is 10.6. The molecule has 7 heteroatoms. The van der Waals surface area contributed by atoms with Crippen LogP contribution in [0.5, 0.6) is 0 Å². The first-order chi connectivity index (χ1) is 14.6. The maximum absolute atomic E-state index is 12.6. The van der Waals surface area contributed by atoms with Crippen molar-refractivity contribution in [3.63, 3.8) is 0 Å². The van der Waals surface area contributed by atoms with Gasteiger partial charge in [0.2, 0.25) is 0 Å². The number of fused-ring (bicyclic) bond motifs is 2. The normalized spacial score (nSPS) is 25.5. The number of aromatic amines is 1. The molecule has 30 heavy (non-hydrogen) atoms. The largest absolute Gasteiger partial charge is 0.445 e. The zero-order valence-electron chi connectivity index (χ0n) is 17.4. The second kappa shape index (κ2) is 7.63. The van der Waals surface area contributed by atoms with Crippen LogP contribution in [-0.4, -0.2) is 52.1 Å². The minimum atomic E-state index is -0.199. The Morgan fingerprint density at radius 2 is 2.07 bits per heavy atom. The molecule has 2 aliphatic rings. The smallest absolute Gasteiger partial charge is 0.410 e. The number of ether oxygens (including phenoxy) is 1. The third-order valence-electron chi connectivity index (χ3n) is 6.95. The number of anilines is 1. The highest BCUT2D eigenvalue weighted by molar-refractivity contribution is 5.87. The Morgan fingerprint density at radius 1 is 1.23 bits per heavy atom. The van der Waals surface area contributed by atoms with Gasteiger partial charge < -0.3 is 19.5 Å². The van der Waals surface area contributed by atoms with E-state index < -0.39 is 0 Å². The fraction of sp³-hybridized carbons (Fsp3) is 0.435. The summed E-state index contributed by atoms with van der Waals surface area (Å²) < 4.78 is 5.55. The number of rotatable bonds is 4. The summed E-state index contributed by atoms with van der Waals surface area (Å²) in [6.07, 6.45) is 4.38. The molecule has 2 fully saturated rings. The van der Waals surface area contributed by atoms with Crippen molar-refractivity contribution >= 4 is 22.9 Å². The highest BCUT2D eigenvalue weighted by atomic mass is 16.6. The molecule has 0 radical (unpaired) electrons.